The number of likely N-dealkylation sites (N-methyl/N-ethyl adjacent to an activating group) is 1. The van der Waals surface area contributed by atoms with Crippen molar-refractivity contribution < 1.29 is 9.26 Å². The van der Waals surface area contributed by atoms with E-state index in [1.165, 1.54) is 0 Å². The van der Waals surface area contributed by atoms with Crippen molar-refractivity contribution in [3.8, 4) is 17.1 Å². The van der Waals surface area contributed by atoms with Crippen LogP contribution in [0.1, 0.15) is 31.2 Å². The second-order valence-electron chi connectivity index (χ2n) is 5.03. The lowest BCUT2D eigenvalue weighted by atomic mass is 10.0. The maximum Gasteiger partial charge on any atom is 0.231 e. The number of hydrogen-bond donors (Lipinski definition) is 1. The maximum absolute atomic E-state index is 5.38. The Labute approximate surface area is 119 Å². The van der Waals surface area contributed by atoms with Crippen molar-refractivity contribution in [2.75, 3.05) is 14.2 Å². The van der Waals surface area contributed by atoms with Gasteiger partial charge in [-0.05, 0) is 38.6 Å². The normalized spacial score (nSPS) is 14.1. The van der Waals surface area contributed by atoms with Crippen LogP contribution in [0.5, 0.6) is 5.75 Å². The molecule has 0 aliphatic carbocycles. The van der Waals surface area contributed by atoms with Gasteiger partial charge in [0, 0.05) is 6.04 Å². The monoisotopic (exact) mass is 275 g/mol. The molecule has 1 aromatic heterocycles. The van der Waals surface area contributed by atoms with Gasteiger partial charge in [-0.25, -0.2) is 0 Å². The van der Waals surface area contributed by atoms with Gasteiger partial charge >= 0.3 is 0 Å². The fourth-order valence-electron chi connectivity index (χ4n) is 1.98. The van der Waals surface area contributed by atoms with E-state index in [-0.39, 0.29) is 12.0 Å². The predicted molar refractivity (Wildman–Crippen MR) is 78.0 cm³/mol. The van der Waals surface area contributed by atoms with Crippen LogP contribution in [0.4, 0.5) is 0 Å². The molecular formula is C15H21N3O2. The molecule has 0 bridgehead atoms. The van der Waals surface area contributed by atoms with Crippen LogP contribution in [-0.2, 0) is 0 Å². The maximum atomic E-state index is 5.38. The fourth-order valence-corrected chi connectivity index (χ4v) is 1.98. The minimum atomic E-state index is 0.151. The summed E-state index contributed by atoms with van der Waals surface area (Å²) in [5.74, 6) is 2.10. The molecule has 2 aromatic rings. The third kappa shape index (κ3) is 2.82. The highest BCUT2D eigenvalue weighted by Crippen LogP contribution is 2.30. The first kappa shape index (κ1) is 14.5. The van der Waals surface area contributed by atoms with Crippen LogP contribution < -0.4 is 10.1 Å². The molecule has 0 saturated carbocycles. The Hall–Kier alpha value is -1.88. The molecule has 0 saturated heterocycles. The van der Waals surface area contributed by atoms with E-state index in [0.29, 0.717) is 11.7 Å². The SMILES string of the molecule is CNC(C)C(C)c1nc(-c2ccc(C)cc2OC)no1. The van der Waals surface area contributed by atoms with Gasteiger partial charge in [0.15, 0.2) is 0 Å². The van der Waals surface area contributed by atoms with Crippen molar-refractivity contribution in [2.45, 2.75) is 32.7 Å². The minimum Gasteiger partial charge on any atom is -0.496 e. The lowest BCUT2D eigenvalue weighted by Crippen LogP contribution is -2.27. The molecule has 2 unspecified atom stereocenters. The van der Waals surface area contributed by atoms with Crippen LogP contribution in [0, 0.1) is 6.92 Å². The van der Waals surface area contributed by atoms with Gasteiger partial charge in [-0.15, -0.1) is 0 Å². The topological polar surface area (TPSA) is 60.2 Å². The Morgan fingerprint density at radius 1 is 1.30 bits per heavy atom. The third-order valence-corrected chi connectivity index (χ3v) is 3.63. The van der Waals surface area contributed by atoms with Gasteiger partial charge in [-0.2, -0.15) is 4.98 Å². The average molecular weight is 275 g/mol. The molecule has 5 heteroatoms. The van der Waals surface area contributed by atoms with Crippen LogP contribution in [0.25, 0.3) is 11.4 Å². The molecule has 1 N–H and O–H groups in total. The largest absolute Gasteiger partial charge is 0.496 e. The van der Waals surface area contributed by atoms with Gasteiger partial charge in [-0.1, -0.05) is 18.1 Å². The standard InChI is InChI=1S/C15H21N3O2/c1-9-6-7-12(13(8-9)19-5)14-17-15(20-18-14)10(2)11(3)16-4/h6-8,10-11,16H,1-5H3. The number of aromatic nitrogens is 2. The number of nitrogens with one attached hydrogen (secondary N) is 1. The van der Waals surface area contributed by atoms with Crippen LogP contribution in [0.3, 0.4) is 0 Å². The van der Waals surface area contributed by atoms with Crippen LogP contribution in [-0.4, -0.2) is 30.3 Å². The molecule has 1 heterocycles. The van der Waals surface area contributed by atoms with E-state index in [9.17, 15) is 0 Å². The Kier molecular flexibility index (Phi) is 4.39. The van der Waals surface area contributed by atoms with Gasteiger partial charge in [0.1, 0.15) is 5.75 Å². The Morgan fingerprint density at radius 2 is 2.05 bits per heavy atom. The molecule has 0 fully saturated rings. The number of ether oxygens (including phenoxy) is 1. The quantitative estimate of drug-likeness (QED) is 0.909. The first-order valence-corrected chi connectivity index (χ1v) is 6.72. The molecule has 0 radical (unpaired) electrons. The second kappa shape index (κ2) is 6.05. The predicted octanol–water partition coefficient (Wildman–Crippen LogP) is 2.77. The number of aryl methyl sites for hydroxylation is 1. The first-order chi connectivity index (χ1) is 9.56. The van der Waals surface area contributed by atoms with Gasteiger partial charge in [0.25, 0.3) is 0 Å². The molecule has 0 aliphatic rings. The first-order valence-electron chi connectivity index (χ1n) is 6.72. The smallest absolute Gasteiger partial charge is 0.231 e. The summed E-state index contributed by atoms with van der Waals surface area (Å²) in [6.45, 7) is 6.16. The molecular weight excluding hydrogens is 254 g/mol. The van der Waals surface area contributed by atoms with Crippen LogP contribution in [0.2, 0.25) is 0 Å². The van der Waals surface area contributed by atoms with E-state index in [1.807, 2.05) is 32.2 Å². The molecule has 0 amide bonds. The zero-order valence-corrected chi connectivity index (χ0v) is 12.6. The zero-order chi connectivity index (χ0) is 14.7. The highest BCUT2D eigenvalue weighted by molar-refractivity contribution is 5.64. The summed E-state index contributed by atoms with van der Waals surface area (Å²) in [5.41, 5.74) is 1.98. The van der Waals surface area contributed by atoms with Crippen molar-refractivity contribution >= 4 is 0 Å². The van der Waals surface area contributed by atoms with Gasteiger partial charge in [0.2, 0.25) is 11.7 Å². The van der Waals surface area contributed by atoms with Gasteiger partial charge in [-0.3, -0.25) is 0 Å². The van der Waals surface area contributed by atoms with Crippen molar-refractivity contribution in [3.63, 3.8) is 0 Å². The van der Waals surface area contributed by atoms with E-state index in [0.717, 1.165) is 16.9 Å². The minimum absolute atomic E-state index is 0.151. The third-order valence-electron chi connectivity index (χ3n) is 3.63. The van der Waals surface area contributed by atoms with E-state index >= 15 is 0 Å². The van der Waals surface area contributed by atoms with Gasteiger partial charge in [0.05, 0.1) is 18.6 Å². The molecule has 108 valence electrons. The van der Waals surface area contributed by atoms with Gasteiger partial charge < -0.3 is 14.6 Å². The lowest BCUT2D eigenvalue weighted by molar-refractivity contribution is 0.336. The molecule has 1 aromatic carbocycles. The summed E-state index contributed by atoms with van der Waals surface area (Å²) in [6, 6.07) is 6.19. The Bertz CT molecular complexity index is 580. The Morgan fingerprint density at radius 3 is 2.70 bits per heavy atom. The number of hydrogen-bond acceptors (Lipinski definition) is 5. The highest BCUT2D eigenvalue weighted by atomic mass is 16.5. The number of benzene rings is 1. The second-order valence-corrected chi connectivity index (χ2v) is 5.03. The summed E-state index contributed by atoms with van der Waals surface area (Å²) in [5, 5.41) is 7.26. The molecule has 0 spiro atoms. The highest BCUT2D eigenvalue weighted by Gasteiger charge is 2.21. The summed E-state index contributed by atoms with van der Waals surface area (Å²) in [6.07, 6.45) is 0. The fraction of sp³-hybridized carbons (Fsp3) is 0.467. The lowest BCUT2D eigenvalue weighted by Gasteiger charge is -2.14. The van der Waals surface area contributed by atoms with Crippen LogP contribution >= 0.6 is 0 Å². The number of nitrogens with zero attached hydrogens (tertiary/aromatic N) is 2. The average Bonchev–Trinajstić information content (AvgIpc) is 2.94. The molecule has 5 nitrogen and oxygen atoms in total. The molecule has 20 heavy (non-hydrogen) atoms. The van der Waals surface area contributed by atoms with Crippen LogP contribution in [0.15, 0.2) is 22.7 Å². The number of methoxy groups -OCH3 is 1. The zero-order valence-electron chi connectivity index (χ0n) is 12.6. The van der Waals surface area contributed by atoms with E-state index < -0.39 is 0 Å². The van der Waals surface area contributed by atoms with Crippen molar-refractivity contribution in [1.82, 2.24) is 15.5 Å². The summed E-state index contributed by atoms with van der Waals surface area (Å²) < 4.78 is 10.8. The van der Waals surface area contributed by atoms with E-state index in [2.05, 4.69) is 29.3 Å². The van der Waals surface area contributed by atoms with E-state index in [1.54, 1.807) is 7.11 Å². The summed E-state index contributed by atoms with van der Waals surface area (Å²) in [4.78, 5) is 4.49. The van der Waals surface area contributed by atoms with Crippen molar-refractivity contribution in [1.29, 1.82) is 0 Å². The number of rotatable bonds is 5. The van der Waals surface area contributed by atoms with E-state index in [4.69, 9.17) is 9.26 Å². The molecule has 2 rings (SSSR count). The summed E-state index contributed by atoms with van der Waals surface area (Å²) >= 11 is 0. The Balaban J connectivity index is 2.33. The van der Waals surface area contributed by atoms with Crippen molar-refractivity contribution in [2.24, 2.45) is 0 Å². The van der Waals surface area contributed by atoms with Crippen molar-refractivity contribution in [3.05, 3.63) is 29.7 Å². The molecule has 0 aliphatic heterocycles. The molecule has 2 atom stereocenters. The summed E-state index contributed by atoms with van der Waals surface area (Å²) in [7, 11) is 3.56.